The molecule has 176 valence electrons. The molecule has 2 aromatic carbocycles. The van der Waals surface area contributed by atoms with E-state index < -0.39 is 11.6 Å². The number of carbonyl (C=O) groups is 3. The van der Waals surface area contributed by atoms with Crippen LogP contribution in [0, 0.1) is 12.8 Å². The molecule has 2 fully saturated rings. The van der Waals surface area contributed by atoms with Gasteiger partial charge in [-0.3, -0.25) is 14.9 Å². The molecule has 2 N–H and O–H groups in total. The van der Waals surface area contributed by atoms with Crippen molar-refractivity contribution in [1.82, 2.24) is 20.5 Å². The molecule has 1 atom stereocenters. The summed E-state index contributed by atoms with van der Waals surface area (Å²) in [4.78, 5) is 44.0. The first-order valence-corrected chi connectivity index (χ1v) is 11.7. The Kier molecular flexibility index (Phi) is 5.38. The third-order valence-corrected chi connectivity index (χ3v) is 7.11. The van der Waals surface area contributed by atoms with Gasteiger partial charge in [-0.25, -0.2) is 9.78 Å². The lowest BCUT2D eigenvalue weighted by molar-refractivity contribution is -0.125. The molecule has 0 radical (unpaired) electrons. The number of amides is 4. The van der Waals surface area contributed by atoms with Crippen molar-refractivity contribution in [3.8, 4) is 0 Å². The number of fused-ring (bicyclic) bond motifs is 1. The lowest BCUT2D eigenvalue weighted by Crippen LogP contribution is -2.48. The zero-order valence-corrected chi connectivity index (χ0v) is 19.6. The maximum Gasteiger partial charge on any atom is 0.322 e. The van der Waals surface area contributed by atoms with Crippen LogP contribution in [0.2, 0.25) is 0 Å². The van der Waals surface area contributed by atoms with Gasteiger partial charge in [0.1, 0.15) is 11.1 Å². The summed E-state index contributed by atoms with van der Waals surface area (Å²) >= 11 is 0. The van der Waals surface area contributed by atoms with Gasteiger partial charge < -0.3 is 14.6 Å². The number of hydrogen-bond donors (Lipinski definition) is 2. The summed E-state index contributed by atoms with van der Waals surface area (Å²) in [6, 6.07) is 12.4. The second-order valence-electron chi connectivity index (χ2n) is 9.49. The van der Waals surface area contributed by atoms with Crippen LogP contribution in [0.4, 0.5) is 4.79 Å². The first kappa shape index (κ1) is 22.1. The van der Waals surface area contributed by atoms with Gasteiger partial charge in [0.15, 0.2) is 11.5 Å². The standard InChI is InChI=1S/C26H28N4O4/c1-15(2)26(24(32)28-25(33)29-26)19-9-7-18(8-10-19)23(31)30-13-11-17(12-14-30)22-27-20-6-4-5-16(3)21(20)34-22/h4-10,15,17H,11-14H2,1-3H3,(H2,28,29,32,33)/t26-/m1/s1. The predicted octanol–water partition coefficient (Wildman–Crippen LogP) is 3.85. The van der Waals surface area contributed by atoms with Gasteiger partial charge in [0.25, 0.3) is 11.8 Å². The molecule has 0 bridgehead atoms. The number of benzene rings is 2. The van der Waals surface area contributed by atoms with Gasteiger partial charge in [-0.2, -0.15) is 0 Å². The fourth-order valence-electron chi connectivity index (χ4n) is 5.08. The first-order chi connectivity index (χ1) is 16.3. The number of carbonyl (C=O) groups excluding carboxylic acids is 3. The fraction of sp³-hybridized carbons (Fsp3) is 0.385. The molecule has 4 amide bonds. The second-order valence-corrected chi connectivity index (χ2v) is 9.49. The van der Waals surface area contributed by atoms with Gasteiger partial charge >= 0.3 is 6.03 Å². The van der Waals surface area contributed by atoms with Gasteiger partial charge in [-0.05, 0) is 55.0 Å². The average Bonchev–Trinajstić information content (AvgIpc) is 3.41. The zero-order chi connectivity index (χ0) is 24.0. The van der Waals surface area contributed by atoms with Crippen molar-refractivity contribution in [1.29, 1.82) is 0 Å². The Morgan fingerprint density at radius 3 is 2.41 bits per heavy atom. The Morgan fingerprint density at radius 1 is 1.12 bits per heavy atom. The fourth-order valence-corrected chi connectivity index (χ4v) is 5.08. The van der Waals surface area contributed by atoms with E-state index in [2.05, 4.69) is 15.6 Å². The minimum atomic E-state index is -1.13. The first-order valence-electron chi connectivity index (χ1n) is 11.7. The molecule has 0 aliphatic carbocycles. The van der Waals surface area contributed by atoms with E-state index in [-0.39, 0.29) is 23.7 Å². The Hall–Kier alpha value is -3.68. The number of urea groups is 1. The predicted molar refractivity (Wildman–Crippen MR) is 126 cm³/mol. The van der Waals surface area contributed by atoms with Crippen LogP contribution in [0.15, 0.2) is 46.9 Å². The third-order valence-electron chi connectivity index (χ3n) is 7.11. The van der Waals surface area contributed by atoms with E-state index in [9.17, 15) is 14.4 Å². The highest BCUT2D eigenvalue weighted by Gasteiger charge is 2.50. The number of para-hydroxylation sites is 1. The Labute approximate surface area is 197 Å². The molecule has 8 nitrogen and oxygen atoms in total. The number of imide groups is 1. The summed E-state index contributed by atoms with van der Waals surface area (Å²) in [5.74, 6) is 0.361. The molecule has 0 saturated carbocycles. The van der Waals surface area contributed by atoms with Crippen LogP contribution in [0.3, 0.4) is 0 Å². The normalized spacial score (nSPS) is 21.2. The van der Waals surface area contributed by atoms with Gasteiger partial charge in [0, 0.05) is 24.6 Å². The molecule has 3 aromatic rings. The molecular weight excluding hydrogens is 432 g/mol. The van der Waals surface area contributed by atoms with E-state index in [4.69, 9.17) is 4.42 Å². The van der Waals surface area contributed by atoms with Crippen LogP contribution in [-0.2, 0) is 10.3 Å². The molecular formula is C26H28N4O4. The molecule has 2 saturated heterocycles. The van der Waals surface area contributed by atoms with Crippen molar-refractivity contribution in [2.24, 2.45) is 5.92 Å². The van der Waals surface area contributed by atoms with Crippen molar-refractivity contribution in [3.63, 3.8) is 0 Å². The minimum absolute atomic E-state index is 0.0445. The summed E-state index contributed by atoms with van der Waals surface area (Å²) < 4.78 is 6.05. The quantitative estimate of drug-likeness (QED) is 0.576. The summed E-state index contributed by atoms with van der Waals surface area (Å²) in [5.41, 5.74) is 2.87. The molecule has 3 heterocycles. The van der Waals surface area contributed by atoms with Crippen LogP contribution < -0.4 is 10.6 Å². The topological polar surface area (TPSA) is 105 Å². The summed E-state index contributed by atoms with van der Waals surface area (Å²) in [6.07, 6.45) is 1.58. The van der Waals surface area contributed by atoms with Crippen LogP contribution >= 0.6 is 0 Å². The Morgan fingerprint density at radius 2 is 1.82 bits per heavy atom. The van der Waals surface area contributed by atoms with Gasteiger partial charge in [0.2, 0.25) is 0 Å². The van der Waals surface area contributed by atoms with Crippen LogP contribution in [-0.4, -0.2) is 40.8 Å². The number of piperidine rings is 1. The lowest BCUT2D eigenvalue weighted by atomic mass is 9.79. The Balaban J connectivity index is 1.28. The third kappa shape index (κ3) is 3.54. The van der Waals surface area contributed by atoms with E-state index >= 15 is 0 Å². The highest BCUT2D eigenvalue weighted by Crippen LogP contribution is 2.34. The van der Waals surface area contributed by atoms with Gasteiger partial charge in [-0.1, -0.05) is 38.1 Å². The monoisotopic (exact) mass is 460 g/mol. The van der Waals surface area contributed by atoms with Crippen molar-refractivity contribution >= 4 is 28.9 Å². The smallest absolute Gasteiger partial charge is 0.322 e. The van der Waals surface area contributed by atoms with Crippen LogP contribution in [0.5, 0.6) is 0 Å². The highest BCUT2D eigenvalue weighted by atomic mass is 16.3. The number of nitrogens with zero attached hydrogens (tertiary/aromatic N) is 2. The second kappa shape index (κ2) is 8.27. The van der Waals surface area contributed by atoms with E-state index in [1.165, 1.54) is 0 Å². The van der Waals surface area contributed by atoms with E-state index in [1.807, 2.05) is 43.9 Å². The molecule has 8 heteroatoms. The molecule has 0 unspecified atom stereocenters. The molecule has 0 spiro atoms. The van der Waals surface area contributed by atoms with Crippen molar-refractivity contribution < 1.29 is 18.8 Å². The highest BCUT2D eigenvalue weighted by molar-refractivity contribution is 6.07. The molecule has 5 rings (SSSR count). The summed E-state index contributed by atoms with van der Waals surface area (Å²) in [6.45, 7) is 7.02. The number of likely N-dealkylation sites (tertiary alicyclic amines) is 1. The van der Waals surface area contributed by atoms with Crippen molar-refractivity contribution in [2.45, 2.75) is 45.1 Å². The largest absolute Gasteiger partial charge is 0.440 e. The molecule has 1 aromatic heterocycles. The Bertz CT molecular complexity index is 1270. The van der Waals surface area contributed by atoms with Gasteiger partial charge in [-0.15, -0.1) is 0 Å². The van der Waals surface area contributed by atoms with Gasteiger partial charge in [0.05, 0.1) is 0 Å². The number of rotatable bonds is 4. The van der Waals surface area contributed by atoms with Crippen LogP contribution in [0.25, 0.3) is 11.1 Å². The minimum Gasteiger partial charge on any atom is -0.440 e. The lowest BCUT2D eigenvalue weighted by Gasteiger charge is -2.32. The number of oxazole rings is 1. The molecule has 2 aliphatic rings. The zero-order valence-electron chi connectivity index (χ0n) is 19.6. The maximum atomic E-state index is 13.1. The molecule has 2 aliphatic heterocycles. The van der Waals surface area contributed by atoms with E-state index in [1.54, 1.807) is 24.3 Å². The van der Waals surface area contributed by atoms with Crippen molar-refractivity contribution in [2.75, 3.05) is 13.1 Å². The van der Waals surface area contributed by atoms with Crippen molar-refractivity contribution in [3.05, 3.63) is 65.0 Å². The summed E-state index contributed by atoms with van der Waals surface area (Å²) in [5, 5.41) is 5.10. The number of nitrogens with one attached hydrogen (secondary N) is 2. The maximum absolute atomic E-state index is 13.1. The molecule has 34 heavy (non-hydrogen) atoms. The van der Waals surface area contributed by atoms with Crippen LogP contribution in [0.1, 0.15) is 60.0 Å². The number of aryl methyl sites for hydroxylation is 1. The SMILES string of the molecule is Cc1cccc2nc(C3CCN(C(=O)c4ccc([C@@]5(C(C)C)NC(=O)NC5=O)cc4)CC3)oc12. The van der Waals surface area contributed by atoms with E-state index in [0.717, 1.165) is 35.4 Å². The average molecular weight is 461 g/mol. The number of aromatic nitrogens is 1. The summed E-state index contributed by atoms with van der Waals surface area (Å²) in [7, 11) is 0. The van der Waals surface area contributed by atoms with E-state index in [0.29, 0.717) is 24.2 Å². The number of hydrogen-bond acceptors (Lipinski definition) is 5.